The molecule has 0 aliphatic carbocycles. The van der Waals surface area contributed by atoms with Gasteiger partial charge in [0.2, 0.25) is 0 Å². The van der Waals surface area contributed by atoms with Crippen LogP contribution in [0.1, 0.15) is 42.5 Å². The van der Waals surface area contributed by atoms with E-state index < -0.39 is 0 Å². The van der Waals surface area contributed by atoms with Crippen LogP contribution >= 0.6 is 15.9 Å². The van der Waals surface area contributed by atoms with E-state index in [4.69, 9.17) is 5.73 Å². The SMILES string of the molecule is Nc1ncc(Br)cc1C(=O)N1CCCCCCC1. The van der Waals surface area contributed by atoms with Gasteiger partial charge in [-0.25, -0.2) is 4.98 Å². The van der Waals surface area contributed by atoms with Gasteiger partial charge in [0.25, 0.3) is 5.91 Å². The molecule has 1 amide bonds. The zero-order valence-electron chi connectivity index (χ0n) is 10.4. The molecule has 0 aromatic carbocycles. The highest BCUT2D eigenvalue weighted by molar-refractivity contribution is 9.10. The van der Waals surface area contributed by atoms with Crippen molar-refractivity contribution in [2.75, 3.05) is 18.8 Å². The standard InChI is InChI=1S/C13H18BrN3O/c14-10-8-11(12(15)16-9-10)13(18)17-6-4-2-1-3-5-7-17/h8-9H,1-7H2,(H2,15,16). The Bertz CT molecular complexity index is 428. The summed E-state index contributed by atoms with van der Waals surface area (Å²) in [5.41, 5.74) is 6.29. The number of nitrogen functional groups attached to an aromatic ring is 1. The van der Waals surface area contributed by atoms with Crippen molar-refractivity contribution in [1.82, 2.24) is 9.88 Å². The molecule has 2 rings (SSSR count). The second-order valence-electron chi connectivity index (χ2n) is 4.65. The summed E-state index contributed by atoms with van der Waals surface area (Å²) >= 11 is 3.33. The van der Waals surface area contributed by atoms with E-state index in [0.29, 0.717) is 11.4 Å². The van der Waals surface area contributed by atoms with E-state index in [1.165, 1.54) is 19.3 Å². The van der Waals surface area contributed by atoms with Gasteiger partial charge in [-0.1, -0.05) is 19.3 Å². The summed E-state index contributed by atoms with van der Waals surface area (Å²) in [4.78, 5) is 18.3. The summed E-state index contributed by atoms with van der Waals surface area (Å²) < 4.78 is 0.784. The summed E-state index contributed by atoms with van der Waals surface area (Å²) in [7, 11) is 0. The zero-order chi connectivity index (χ0) is 13.0. The monoisotopic (exact) mass is 311 g/mol. The Balaban J connectivity index is 2.15. The molecule has 0 bridgehead atoms. The molecule has 4 nitrogen and oxygen atoms in total. The number of carbonyl (C=O) groups is 1. The van der Waals surface area contributed by atoms with Crippen LogP contribution in [0.25, 0.3) is 0 Å². The van der Waals surface area contributed by atoms with Crippen LogP contribution < -0.4 is 5.73 Å². The second kappa shape index (κ2) is 6.18. The lowest BCUT2D eigenvalue weighted by Crippen LogP contribution is -2.34. The van der Waals surface area contributed by atoms with Gasteiger partial charge in [0.15, 0.2) is 0 Å². The van der Waals surface area contributed by atoms with E-state index in [2.05, 4.69) is 20.9 Å². The molecule has 0 radical (unpaired) electrons. The fraction of sp³-hybridized carbons (Fsp3) is 0.538. The first-order valence-electron chi connectivity index (χ1n) is 6.39. The Morgan fingerprint density at radius 3 is 2.50 bits per heavy atom. The smallest absolute Gasteiger partial charge is 0.257 e. The summed E-state index contributed by atoms with van der Waals surface area (Å²) in [6, 6.07) is 1.75. The van der Waals surface area contributed by atoms with Gasteiger partial charge in [-0.05, 0) is 34.8 Å². The van der Waals surface area contributed by atoms with E-state index in [1.54, 1.807) is 12.3 Å². The molecule has 1 saturated heterocycles. The van der Waals surface area contributed by atoms with Crippen molar-refractivity contribution in [3.8, 4) is 0 Å². The van der Waals surface area contributed by atoms with Crippen LogP contribution in [-0.4, -0.2) is 28.9 Å². The molecular formula is C13H18BrN3O. The van der Waals surface area contributed by atoms with Crippen molar-refractivity contribution in [3.63, 3.8) is 0 Å². The normalized spacial score (nSPS) is 17.1. The number of halogens is 1. The van der Waals surface area contributed by atoms with E-state index in [-0.39, 0.29) is 5.91 Å². The molecule has 98 valence electrons. The minimum atomic E-state index is 0.00296. The third-order valence-corrected chi connectivity index (χ3v) is 3.69. The molecule has 1 aromatic heterocycles. The molecule has 1 aliphatic rings. The van der Waals surface area contributed by atoms with Gasteiger partial charge in [-0.15, -0.1) is 0 Å². The average Bonchev–Trinajstić information content (AvgIpc) is 2.31. The molecule has 0 unspecified atom stereocenters. The lowest BCUT2D eigenvalue weighted by atomic mass is 10.1. The summed E-state index contributed by atoms with van der Waals surface area (Å²) in [6.45, 7) is 1.65. The highest BCUT2D eigenvalue weighted by Crippen LogP contribution is 2.19. The fourth-order valence-electron chi connectivity index (χ4n) is 2.24. The van der Waals surface area contributed by atoms with Gasteiger partial charge in [-0.2, -0.15) is 0 Å². The maximum absolute atomic E-state index is 12.4. The van der Waals surface area contributed by atoms with Crippen LogP contribution in [0.3, 0.4) is 0 Å². The van der Waals surface area contributed by atoms with E-state index in [0.717, 1.165) is 30.4 Å². The number of pyridine rings is 1. The van der Waals surface area contributed by atoms with Crippen molar-refractivity contribution in [2.45, 2.75) is 32.1 Å². The van der Waals surface area contributed by atoms with Crippen molar-refractivity contribution in [2.24, 2.45) is 0 Å². The number of anilines is 1. The van der Waals surface area contributed by atoms with Crippen LogP contribution in [-0.2, 0) is 0 Å². The van der Waals surface area contributed by atoms with Crippen LogP contribution in [0, 0.1) is 0 Å². The minimum Gasteiger partial charge on any atom is -0.383 e. The van der Waals surface area contributed by atoms with Crippen molar-refractivity contribution < 1.29 is 4.79 Å². The molecule has 1 aromatic rings. The molecule has 0 atom stereocenters. The highest BCUT2D eigenvalue weighted by Gasteiger charge is 2.19. The number of likely N-dealkylation sites (tertiary alicyclic amines) is 1. The van der Waals surface area contributed by atoms with Crippen LogP contribution in [0.5, 0.6) is 0 Å². The molecule has 1 aliphatic heterocycles. The largest absolute Gasteiger partial charge is 0.383 e. The Kier molecular flexibility index (Phi) is 4.58. The molecule has 2 heterocycles. The van der Waals surface area contributed by atoms with Crippen molar-refractivity contribution >= 4 is 27.7 Å². The van der Waals surface area contributed by atoms with E-state index >= 15 is 0 Å². The topological polar surface area (TPSA) is 59.2 Å². The third-order valence-electron chi connectivity index (χ3n) is 3.26. The number of nitrogens with two attached hydrogens (primary N) is 1. The summed E-state index contributed by atoms with van der Waals surface area (Å²) in [5.74, 6) is 0.313. The zero-order valence-corrected chi connectivity index (χ0v) is 11.9. The van der Waals surface area contributed by atoms with Gasteiger partial charge in [-0.3, -0.25) is 4.79 Å². The number of nitrogens with zero attached hydrogens (tertiary/aromatic N) is 2. The number of aromatic nitrogens is 1. The van der Waals surface area contributed by atoms with Gasteiger partial charge in [0, 0.05) is 23.8 Å². The van der Waals surface area contributed by atoms with Crippen LogP contribution in [0.4, 0.5) is 5.82 Å². The minimum absolute atomic E-state index is 0.00296. The van der Waals surface area contributed by atoms with Gasteiger partial charge < -0.3 is 10.6 Å². The molecule has 0 spiro atoms. The highest BCUT2D eigenvalue weighted by atomic mass is 79.9. The number of rotatable bonds is 1. The molecule has 18 heavy (non-hydrogen) atoms. The molecular weight excluding hydrogens is 294 g/mol. The first-order valence-corrected chi connectivity index (χ1v) is 7.18. The van der Waals surface area contributed by atoms with Gasteiger partial charge >= 0.3 is 0 Å². The Labute approximate surface area is 116 Å². The maximum Gasteiger partial charge on any atom is 0.257 e. The lowest BCUT2D eigenvalue weighted by molar-refractivity contribution is 0.0743. The predicted octanol–water partition coefficient (Wildman–Crippen LogP) is 2.83. The van der Waals surface area contributed by atoms with Gasteiger partial charge in [0.05, 0.1) is 5.56 Å². The van der Waals surface area contributed by atoms with E-state index in [1.807, 2.05) is 4.90 Å². The Morgan fingerprint density at radius 2 is 1.83 bits per heavy atom. The van der Waals surface area contributed by atoms with Gasteiger partial charge in [0.1, 0.15) is 5.82 Å². The first kappa shape index (κ1) is 13.3. The number of carbonyl (C=O) groups excluding carboxylic acids is 1. The number of hydrogen-bond donors (Lipinski definition) is 1. The first-order chi connectivity index (χ1) is 8.68. The third kappa shape index (κ3) is 3.22. The molecule has 5 heteroatoms. The Hall–Kier alpha value is -1.10. The van der Waals surface area contributed by atoms with Crippen molar-refractivity contribution in [1.29, 1.82) is 0 Å². The second-order valence-corrected chi connectivity index (χ2v) is 5.56. The quantitative estimate of drug-likeness (QED) is 0.867. The predicted molar refractivity (Wildman–Crippen MR) is 75.3 cm³/mol. The number of amides is 1. The lowest BCUT2D eigenvalue weighted by Gasteiger charge is -2.25. The average molecular weight is 312 g/mol. The maximum atomic E-state index is 12.4. The van der Waals surface area contributed by atoms with E-state index in [9.17, 15) is 4.79 Å². The molecule has 1 fully saturated rings. The fourth-order valence-corrected chi connectivity index (χ4v) is 2.57. The summed E-state index contributed by atoms with van der Waals surface area (Å²) in [6.07, 6.45) is 7.45. The molecule has 2 N–H and O–H groups in total. The van der Waals surface area contributed by atoms with Crippen molar-refractivity contribution in [3.05, 3.63) is 22.3 Å². The summed E-state index contributed by atoms with van der Waals surface area (Å²) in [5, 5.41) is 0. The van der Waals surface area contributed by atoms with Crippen LogP contribution in [0.15, 0.2) is 16.7 Å². The van der Waals surface area contributed by atoms with Crippen LogP contribution in [0.2, 0.25) is 0 Å². The molecule has 0 saturated carbocycles. The Morgan fingerprint density at radius 1 is 1.22 bits per heavy atom. The number of hydrogen-bond acceptors (Lipinski definition) is 3.